The number of hydrogen-bond donors (Lipinski definition) is 1. The summed E-state index contributed by atoms with van der Waals surface area (Å²) in [4.78, 5) is 40.3. The van der Waals surface area contributed by atoms with Gasteiger partial charge in [0.1, 0.15) is 30.5 Å². The fraction of sp³-hybridized carbons (Fsp3) is 0.640. The molecule has 1 fully saturated rings. The Morgan fingerprint density at radius 3 is 2.21 bits per heavy atom. The van der Waals surface area contributed by atoms with Gasteiger partial charge in [0.15, 0.2) is 0 Å². The molecule has 0 radical (unpaired) electrons. The fourth-order valence-corrected chi connectivity index (χ4v) is 3.48. The first kappa shape index (κ1) is 26.6. The van der Waals surface area contributed by atoms with Crippen LogP contribution in [0.5, 0.6) is 0 Å². The summed E-state index contributed by atoms with van der Waals surface area (Å²) in [6, 6.07) is 7.54. The summed E-state index contributed by atoms with van der Waals surface area (Å²) in [5.74, 6) is -1.23. The molecular formula is C25H38N2O6. The maximum absolute atomic E-state index is 13.2. The van der Waals surface area contributed by atoms with Crippen LogP contribution >= 0.6 is 0 Å². The molecule has 1 saturated heterocycles. The SMILES string of the molecule is CC(C)[C@H](NC(=O)[C@@H]1CO[C@@H](C(C)(C)C)N1C(=O)OC(C)(C)C)C(=O)OCc1ccccc1. The monoisotopic (exact) mass is 462 g/mol. The summed E-state index contributed by atoms with van der Waals surface area (Å²) in [6.07, 6.45) is -1.28. The number of benzene rings is 1. The van der Waals surface area contributed by atoms with E-state index in [1.807, 2.05) is 65.0 Å². The predicted octanol–water partition coefficient (Wildman–Crippen LogP) is 3.88. The van der Waals surface area contributed by atoms with Gasteiger partial charge in [0.2, 0.25) is 5.91 Å². The maximum atomic E-state index is 13.2. The number of rotatable bonds is 6. The van der Waals surface area contributed by atoms with Gasteiger partial charge in [-0.1, -0.05) is 65.0 Å². The van der Waals surface area contributed by atoms with Gasteiger partial charge >= 0.3 is 12.1 Å². The smallest absolute Gasteiger partial charge is 0.413 e. The first-order chi connectivity index (χ1) is 15.2. The Hall–Kier alpha value is -2.61. The van der Waals surface area contributed by atoms with Gasteiger partial charge < -0.3 is 19.5 Å². The zero-order chi connectivity index (χ0) is 25.0. The molecule has 0 aromatic heterocycles. The minimum atomic E-state index is -0.924. The molecule has 1 aromatic carbocycles. The van der Waals surface area contributed by atoms with Crippen molar-refractivity contribution in [2.45, 2.75) is 85.9 Å². The number of carbonyl (C=O) groups is 3. The standard InChI is InChI=1S/C25H38N2O6/c1-16(2)19(21(29)31-14-17-12-10-9-11-13-17)26-20(28)18-15-32-22(24(3,4)5)27(18)23(30)33-25(6,7)8/h9-13,16,18-19,22H,14-15H2,1-8H3,(H,26,28)/t18-,19-,22-/m0/s1. The van der Waals surface area contributed by atoms with Gasteiger partial charge in [-0.2, -0.15) is 0 Å². The van der Waals surface area contributed by atoms with Crippen LogP contribution in [0.25, 0.3) is 0 Å². The van der Waals surface area contributed by atoms with Crippen LogP contribution in [-0.4, -0.2) is 53.4 Å². The van der Waals surface area contributed by atoms with Crippen LogP contribution in [0.2, 0.25) is 0 Å². The normalized spacial score (nSPS) is 19.8. The molecule has 0 spiro atoms. The van der Waals surface area contributed by atoms with E-state index in [0.717, 1.165) is 5.56 Å². The molecule has 8 nitrogen and oxygen atoms in total. The number of amides is 2. The molecule has 1 N–H and O–H groups in total. The Morgan fingerprint density at radius 2 is 1.70 bits per heavy atom. The molecule has 1 aliphatic heterocycles. The number of nitrogens with one attached hydrogen (secondary N) is 1. The highest BCUT2D eigenvalue weighted by Gasteiger charge is 2.49. The Kier molecular flexibility index (Phi) is 8.52. The molecule has 184 valence electrons. The highest BCUT2D eigenvalue weighted by atomic mass is 16.6. The van der Waals surface area contributed by atoms with Crippen LogP contribution in [-0.2, 0) is 30.4 Å². The minimum absolute atomic E-state index is 0.0108. The van der Waals surface area contributed by atoms with Gasteiger partial charge in [-0.25, -0.2) is 9.59 Å². The molecular weight excluding hydrogens is 424 g/mol. The van der Waals surface area contributed by atoms with E-state index in [-0.39, 0.29) is 19.1 Å². The molecule has 0 saturated carbocycles. The lowest BCUT2D eigenvalue weighted by Crippen LogP contribution is -2.57. The molecule has 1 heterocycles. The van der Waals surface area contributed by atoms with Gasteiger partial charge in [0.05, 0.1) is 6.61 Å². The fourth-order valence-electron chi connectivity index (χ4n) is 3.48. The molecule has 0 unspecified atom stereocenters. The van der Waals surface area contributed by atoms with E-state index in [4.69, 9.17) is 14.2 Å². The second-order valence-corrected chi connectivity index (χ2v) is 10.8. The second-order valence-electron chi connectivity index (χ2n) is 10.8. The molecule has 8 heteroatoms. The van der Waals surface area contributed by atoms with Gasteiger partial charge in [0, 0.05) is 5.41 Å². The summed E-state index contributed by atoms with van der Waals surface area (Å²) >= 11 is 0. The molecule has 1 aromatic rings. The number of ether oxygens (including phenoxy) is 3. The van der Waals surface area contributed by atoms with Crippen LogP contribution in [0.1, 0.15) is 61.0 Å². The maximum Gasteiger partial charge on any atom is 0.413 e. The van der Waals surface area contributed by atoms with Crippen LogP contribution < -0.4 is 5.32 Å². The number of nitrogens with zero attached hydrogens (tertiary/aromatic N) is 1. The van der Waals surface area contributed by atoms with Gasteiger partial charge in [0.25, 0.3) is 0 Å². The first-order valence-corrected chi connectivity index (χ1v) is 11.3. The van der Waals surface area contributed by atoms with Gasteiger partial charge in [-0.15, -0.1) is 0 Å². The lowest BCUT2D eigenvalue weighted by atomic mass is 9.93. The van der Waals surface area contributed by atoms with Crippen molar-refractivity contribution in [3.63, 3.8) is 0 Å². The van der Waals surface area contributed by atoms with Gasteiger partial charge in [-0.3, -0.25) is 9.69 Å². The number of hydrogen-bond acceptors (Lipinski definition) is 6. The van der Waals surface area contributed by atoms with Crippen molar-refractivity contribution in [1.29, 1.82) is 0 Å². The molecule has 33 heavy (non-hydrogen) atoms. The molecule has 2 rings (SSSR count). The van der Waals surface area contributed by atoms with E-state index in [0.29, 0.717) is 0 Å². The average Bonchev–Trinajstić information content (AvgIpc) is 3.15. The summed E-state index contributed by atoms with van der Waals surface area (Å²) in [7, 11) is 0. The Morgan fingerprint density at radius 1 is 1.09 bits per heavy atom. The summed E-state index contributed by atoms with van der Waals surface area (Å²) in [6.45, 7) is 14.8. The highest BCUT2D eigenvalue weighted by molar-refractivity contribution is 5.90. The van der Waals surface area contributed by atoms with E-state index in [1.165, 1.54) is 4.90 Å². The number of esters is 1. The second kappa shape index (κ2) is 10.5. The zero-order valence-corrected chi connectivity index (χ0v) is 21.0. The average molecular weight is 463 g/mol. The van der Waals surface area contributed by atoms with Crippen LogP contribution in [0.15, 0.2) is 30.3 Å². The van der Waals surface area contributed by atoms with Crippen LogP contribution in [0.3, 0.4) is 0 Å². The molecule has 2 amide bonds. The predicted molar refractivity (Wildman–Crippen MR) is 124 cm³/mol. The lowest BCUT2D eigenvalue weighted by Gasteiger charge is -2.36. The van der Waals surface area contributed by atoms with Crippen molar-refractivity contribution in [3.8, 4) is 0 Å². The summed E-state index contributed by atoms with van der Waals surface area (Å²) in [5.41, 5.74) is -0.323. The third-order valence-corrected chi connectivity index (χ3v) is 5.09. The molecule has 0 bridgehead atoms. The van der Waals surface area contributed by atoms with Crippen molar-refractivity contribution in [2.75, 3.05) is 6.61 Å². The molecule has 0 aliphatic carbocycles. The van der Waals surface area contributed by atoms with Crippen molar-refractivity contribution in [2.24, 2.45) is 11.3 Å². The Bertz CT molecular complexity index is 826. The Labute approximate surface area is 196 Å². The van der Waals surface area contributed by atoms with E-state index >= 15 is 0 Å². The Balaban J connectivity index is 2.15. The minimum Gasteiger partial charge on any atom is -0.459 e. The van der Waals surface area contributed by atoms with Crippen molar-refractivity contribution >= 4 is 18.0 Å². The summed E-state index contributed by atoms with van der Waals surface area (Å²) < 4.78 is 16.8. The van der Waals surface area contributed by atoms with Gasteiger partial charge in [-0.05, 0) is 32.3 Å². The van der Waals surface area contributed by atoms with Crippen molar-refractivity contribution in [3.05, 3.63) is 35.9 Å². The quantitative estimate of drug-likeness (QED) is 0.645. The van der Waals surface area contributed by atoms with Crippen LogP contribution in [0.4, 0.5) is 4.79 Å². The van der Waals surface area contributed by atoms with Crippen LogP contribution in [0, 0.1) is 11.3 Å². The number of carbonyl (C=O) groups excluding carboxylic acids is 3. The lowest BCUT2D eigenvalue weighted by molar-refractivity contribution is -0.151. The zero-order valence-electron chi connectivity index (χ0n) is 21.0. The third-order valence-electron chi connectivity index (χ3n) is 5.09. The van der Waals surface area contributed by atoms with E-state index in [1.54, 1.807) is 20.8 Å². The van der Waals surface area contributed by atoms with Crippen molar-refractivity contribution in [1.82, 2.24) is 10.2 Å². The van der Waals surface area contributed by atoms with Crippen molar-refractivity contribution < 1.29 is 28.6 Å². The first-order valence-electron chi connectivity index (χ1n) is 11.3. The summed E-state index contributed by atoms with van der Waals surface area (Å²) in [5, 5.41) is 2.77. The topological polar surface area (TPSA) is 94.2 Å². The highest BCUT2D eigenvalue weighted by Crippen LogP contribution is 2.33. The van der Waals surface area contributed by atoms with E-state index < -0.39 is 47.3 Å². The third kappa shape index (κ3) is 7.45. The van der Waals surface area contributed by atoms with E-state index in [2.05, 4.69) is 5.32 Å². The molecule has 1 aliphatic rings. The molecule has 3 atom stereocenters. The largest absolute Gasteiger partial charge is 0.459 e. The van der Waals surface area contributed by atoms with E-state index in [9.17, 15) is 14.4 Å².